The minimum absolute atomic E-state index is 0.474. The Morgan fingerprint density at radius 3 is 2.71 bits per heavy atom. The largest absolute Gasteiger partial charge is 0.399 e. The lowest BCUT2D eigenvalue weighted by Crippen LogP contribution is -2.07. The second-order valence-electron chi connectivity index (χ2n) is 4.66. The van der Waals surface area contributed by atoms with E-state index in [0.717, 1.165) is 29.1 Å². The molecule has 1 aliphatic rings. The van der Waals surface area contributed by atoms with E-state index < -0.39 is 0 Å². The molecule has 0 fully saturated rings. The summed E-state index contributed by atoms with van der Waals surface area (Å²) in [6.45, 7) is 2.01. The molecule has 4 rings (SSSR count). The Bertz CT molecular complexity index is 882. The summed E-state index contributed by atoms with van der Waals surface area (Å²) in [6, 6.07) is 7.91. The molecule has 2 aromatic heterocycles. The Morgan fingerprint density at radius 1 is 1.14 bits per heavy atom. The predicted octanol–water partition coefficient (Wildman–Crippen LogP) is 1.46. The van der Waals surface area contributed by atoms with Crippen molar-refractivity contribution in [1.82, 2.24) is 24.8 Å². The van der Waals surface area contributed by atoms with Gasteiger partial charge in [-0.1, -0.05) is 36.3 Å². The normalized spacial score (nSPS) is 14.5. The lowest BCUT2D eigenvalue weighted by molar-refractivity contribution is 0.214. The van der Waals surface area contributed by atoms with Gasteiger partial charge in [-0.15, -0.1) is 10.2 Å². The molecule has 0 N–H and O–H groups in total. The summed E-state index contributed by atoms with van der Waals surface area (Å²) >= 11 is 0. The highest BCUT2D eigenvalue weighted by Crippen LogP contribution is 2.34. The molecule has 0 bridgehead atoms. The van der Waals surface area contributed by atoms with Gasteiger partial charge in [-0.05, 0) is 0 Å². The molecule has 2 heterocycles. The summed E-state index contributed by atoms with van der Waals surface area (Å²) in [5, 5.41) is 16.9. The van der Waals surface area contributed by atoms with E-state index in [1.807, 2.05) is 31.2 Å². The maximum absolute atomic E-state index is 4.96. The van der Waals surface area contributed by atoms with Crippen LogP contribution in [0.1, 0.15) is 24.0 Å². The third kappa shape index (κ3) is 1.57. The lowest BCUT2D eigenvalue weighted by atomic mass is 10.1. The van der Waals surface area contributed by atoms with Crippen LogP contribution >= 0.6 is 0 Å². The molecule has 0 unspecified atom stereocenters. The van der Waals surface area contributed by atoms with Crippen LogP contribution in [-0.2, 0) is 11.3 Å². The number of hydrogen-bond acceptors (Lipinski definition) is 6. The summed E-state index contributed by atoms with van der Waals surface area (Å²) < 4.78 is 1.69. The van der Waals surface area contributed by atoms with Crippen molar-refractivity contribution in [2.45, 2.75) is 13.3 Å². The minimum Gasteiger partial charge on any atom is -0.399 e. The molecule has 0 radical (unpaired) electrons. The Balaban J connectivity index is 2.08. The number of benzene rings is 1. The zero-order valence-electron chi connectivity index (χ0n) is 11.6. The number of fused-ring (bicyclic) bond motifs is 4. The third-order valence-corrected chi connectivity index (χ3v) is 3.49. The van der Waals surface area contributed by atoms with Gasteiger partial charge in [-0.25, -0.2) is 4.98 Å². The standard InChI is InChI=1S/C14H12N6O/c1-3-10-16-17-14-15-13-11(18-20(10)14)8-6-4-5-7-9(8)12(13)19-21-2/h4-7H,3H2,1-2H3/b19-12+. The van der Waals surface area contributed by atoms with E-state index >= 15 is 0 Å². The van der Waals surface area contributed by atoms with Crippen molar-refractivity contribution in [3.8, 4) is 11.3 Å². The average Bonchev–Trinajstić information content (AvgIpc) is 3.06. The monoisotopic (exact) mass is 280 g/mol. The van der Waals surface area contributed by atoms with Crippen LogP contribution in [0, 0.1) is 0 Å². The van der Waals surface area contributed by atoms with Crippen LogP contribution in [0.3, 0.4) is 0 Å². The third-order valence-electron chi connectivity index (χ3n) is 3.49. The molecular weight excluding hydrogens is 268 g/mol. The smallest absolute Gasteiger partial charge is 0.272 e. The van der Waals surface area contributed by atoms with Crippen molar-refractivity contribution < 1.29 is 4.84 Å². The van der Waals surface area contributed by atoms with Crippen LogP contribution < -0.4 is 0 Å². The first-order valence-corrected chi connectivity index (χ1v) is 6.67. The molecule has 21 heavy (non-hydrogen) atoms. The van der Waals surface area contributed by atoms with Crippen LogP contribution in [0.15, 0.2) is 29.4 Å². The zero-order chi connectivity index (χ0) is 14.4. The molecular formula is C14H12N6O. The number of nitrogens with zero attached hydrogens (tertiary/aromatic N) is 6. The molecule has 7 heteroatoms. The van der Waals surface area contributed by atoms with Crippen molar-refractivity contribution in [2.24, 2.45) is 5.16 Å². The Hall–Kier alpha value is -2.83. The highest BCUT2D eigenvalue weighted by Gasteiger charge is 2.30. The van der Waals surface area contributed by atoms with Gasteiger partial charge in [-0.2, -0.15) is 9.61 Å². The van der Waals surface area contributed by atoms with Crippen molar-refractivity contribution in [2.75, 3.05) is 7.11 Å². The summed E-state index contributed by atoms with van der Waals surface area (Å²) in [4.78, 5) is 9.51. The average molecular weight is 280 g/mol. The second kappa shape index (κ2) is 4.34. The highest BCUT2D eigenvalue weighted by molar-refractivity contribution is 6.22. The number of aromatic nitrogens is 5. The summed E-state index contributed by atoms with van der Waals surface area (Å²) in [5.74, 6) is 1.26. The first-order valence-electron chi connectivity index (χ1n) is 6.67. The van der Waals surface area contributed by atoms with Crippen molar-refractivity contribution in [3.05, 3.63) is 41.3 Å². The van der Waals surface area contributed by atoms with Gasteiger partial charge in [0.1, 0.15) is 24.2 Å². The summed E-state index contributed by atoms with van der Waals surface area (Å²) in [7, 11) is 1.52. The molecule has 0 spiro atoms. The van der Waals surface area contributed by atoms with Crippen LogP contribution in [0.2, 0.25) is 0 Å². The number of rotatable bonds is 2. The molecule has 1 aromatic carbocycles. The number of oxime groups is 1. The summed E-state index contributed by atoms with van der Waals surface area (Å²) in [5.41, 5.74) is 4.10. The van der Waals surface area contributed by atoms with Crippen LogP contribution in [0.4, 0.5) is 0 Å². The van der Waals surface area contributed by atoms with Crippen molar-refractivity contribution in [1.29, 1.82) is 0 Å². The van der Waals surface area contributed by atoms with Crippen molar-refractivity contribution >= 4 is 11.5 Å². The van der Waals surface area contributed by atoms with E-state index in [2.05, 4.69) is 25.4 Å². The first-order chi connectivity index (χ1) is 10.3. The maximum Gasteiger partial charge on any atom is 0.272 e. The lowest BCUT2D eigenvalue weighted by Gasteiger charge is -2.00. The van der Waals surface area contributed by atoms with Gasteiger partial charge >= 0.3 is 0 Å². The Kier molecular flexibility index (Phi) is 2.47. The molecule has 7 nitrogen and oxygen atoms in total. The maximum atomic E-state index is 4.96. The van der Waals surface area contributed by atoms with E-state index in [4.69, 9.17) is 4.84 Å². The predicted molar refractivity (Wildman–Crippen MR) is 76.0 cm³/mol. The van der Waals surface area contributed by atoms with Crippen LogP contribution in [-0.4, -0.2) is 37.6 Å². The van der Waals surface area contributed by atoms with Gasteiger partial charge in [0.25, 0.3) is 5.78 Å². The molecule has 1 aliphatic carbocycles. The Labute approximate surface area is 120 Å². The summed E-state index contributed by atoms with van der Waals surface area (Å²) in [6.07, 6.45) is 0.745. The first kappa shape index (κ1) is 12.0. The molecule has 0 saturated carbocycles. The van der Waals surface area contributed by atoms with Crippen LogP contribution in [0.25, 0.3) is 17.0 Å². The zero-order valence-corrected chi connectivity index (χ0v) is 11.6. The SMILES string of the molecule is CCc1nnc2nc3c(nn12)-c1ccccc1/C3=N\OC. The Morgan fingerprint density at radius 2 is 1.95 bits per heavy atom. The van der Waals surface area contributed by atoms with Gasteiger partial charge in [-0.3, -0.25) is 0 Å². The van der Waals surface area contributed by atoms with Gasteiger partial charge in [0.15, 0.2) is 5.82 Å². The minimum atomic E-state index is 0.474. The van der Waals surface area contributed by atoms with E-state index in [0.29, 0.717) is 17.2 Å². The quantitative estimate of drug-likeness (QED) is 0.519. The molecule has 104 valence electrons. The van der Waals surface area contributed by atoms with Gasteiger partial charge in [0.2, 0.25) is 0 Å². The van der Waals surface area contributed by atoms with Crippen LogP contribution in [0.5, 0.6) is 0 Å². The van der Waals surface area contributed by atoms with Gasteiger partial charge in [0.05, 0.1) is 0 Å². The van der Waals surface area contributed by atoms with E-state index in [-0.39, 0.29) is 0 Å². The van der Waals surface area contributed by atoms with E-state index in [9.17, 15) is 0 Å². The van der Waals surface area contributed by atoms with E-state index in [1.165, 1.54) is 7.11 Å². The van der Waals surface area contributed by atoms with Crippen molar-refractivity contribution in [3.63, 3.8) is 0 Å². The molecule has 0 saturated heterocycles. The number of aryl methyl sites for hydroxylation is 1. The highest BCUT2D eigenvalue weighted by atomic mass is 16.6. The molecule has 0 amide bonds. The fraction of sp³-hybridized carbons (Fsp3) is 0.214. The fourth-order valence-corrected chi connectivity index (χ4v) is 2.55. The van der Waals surface area contributed by atoms with Gasteiger partial charge in [0, 0.05) is 17.5 Å². The fourth-order valence-electron chi connectivity index (χ4n) is 2.55. The van der Waals surface area contributed by atoms with E-state index in [1.54, 1.807) is 4.52 Å². The van der Waals surface area contributed by atoms with Gasteiger partial charge < -0.3 is 4.84 Å². The molecule has 3 aromatic rings. The molecule has 0 atom stereocenters. The second-order valence-corrected chi connectivity index (χ2v) is 4.66. The number of hydrogen-bond donors (Lipinski definition) is 0. The topological polar surface area (TPSA) is 77.6 Å². The molecule has 0 aliphatic heterocycles.